The topological polar surface area (TPSA) is 114 Å². The number of carbonyl (C=O) groups is 2. The smallest absolute Gasteiger partial charge is 0.308 e. The van der Waals surface area contributed by atoms with E-state index >= 15 is 0 Å². The second kappa shape index (κ2) is 7.39. The molecule has 1 rings (SSSR count). The van der Waals surface area contributed by atoms with Crippen molar-refractivity contribution in [3.63, 3.8) is 0 Å². The molecule has 1 aliphatic rings. The summed E-state index contributed by atoms with van der Waals surface area (Å²) in [5.74, 6) is -1.72. The Bertz CT molecular complexity index is 351. The molecule has 1 N–H and O–H groups in total. The minimum absolute atomic E-state index is 0.215. The molecule has 0 bridgehead atoms. The van der Waals surface area contributed by atoms with Crippen molar-refractivity contribution < 1.29 is 29.2 Å². The van der Waals surface area contributed by atoms with Crippen molar-refractivity contribution >= 4 is 11.9 Å². The van der Waals surface area contributed by atoms with Gasteiger partial charge in [0.2, 0.25) is 5.28 Å². The van der Waals surface area contributed by atoms with E-state index in [-0.39, 0.29) is 11.4 Å². The highest BCUT2D eigenvalue weighted by Gasteiger charge is 2.28. The number of hydrogen-bond acceptors (Lipinski definition) is 6. The van der Waals surface area contributed by atoms with E-state index in [1.165, 1.54) is 5.01 Å². The minimum atomic E-state index is -0.850. The number of esters is 1. The first kappa shape index (κ1) is 15.0. The number of carboxylic acid groups (broad SMARTS) is 1. The van der Waals surface area contributed by atoms with E-state index < -0.39 is 24.6 Å². The fraction of sp³-hybridized carbons (Fsp3) is 0.800. The summed E-state index contributed by atoms with van der Waals surface area (Å²) >= 11 is 0. The standard InChI is InChI=1S/C10H17N3O6/c1-2-9(14)18-7-19-11-13(17)12-5-3-8(4-6-12)10(15)16/h8H,2-7H2,1H3,(H,15,16). The SMILES string of the molecule is CCC(=O)OCON=[N+]([O-])N1CCC(C(=O)O)CC1. The lowest BCUT2D eigenvalue weighted by Gasteiger charge is -2.25. The lowest BCUT2D eigenvalue weighted by molar-refractivity contribution is -0.713. The summed E-state index contributed by atoms with van der Waals surface area (Å²) in [6.07, 6.45) is 0.982. The van der Waals surface area contributed by atoms with Crippen LogP contribution >= 0.6 is 0 Å². The first-order chi connectivity index (χ1) is 9.04. The maximum absolute atomic E-state index is 11.5. The third kappa shape index (κ3) is 4.98. The zero-order chi connectivity index (χ0) is 14.3. The number of aliphatic carboxylic acids is 1. The lowest BCUT2D eigenvalue weighted by Crippen LogP contribution is -2.40. The van der Waals surface area contributed by atoms with Crippen molar-refractivity contribution in [3.8, 4) is 0 Å². The number of ether oxygens (including phenoxy) is 1. The highest BCUT2D eigenvalue weighted by atomic mass is 16.8. The van der Waals surface area contributed by atoms with E-state index in [0.29, 0.717) is 25.9 Å². The van der Waals surface area contributed by atoms with Gasteiger partial charge in [-0.25, -0.2) is 0 Å². The first-order valence-electron chi connectivity index (χ1n) is 5.98. The van der Waals surface area contributed by atoms with E-state index in [2.05, 4.69) is 14.9 Å². The van der Waals surface area contributed by atoms with Crippen molar-refractivity contribution in [1.29, 1.82) is 0 Å². The van der Waals surface area contributed by atoms with Crippen LogP contribution in [0.25, 0.3) is 0 Å². The monoisotopic (exact) mass is 275 g/mol. The van der Waals surface area contributed by atoms with Crippen LogP contribution in [0.4, 0.5) is 0 Å². The van der Waals surface area contributed by atoms with Crippen LogP contribution in [0.3, 0.4) is 0 Å². The van der Waals surface area contributed by atoms with Gasteiger partial charge in [-0.1, -0.05) is 6.92 Å². The molecule has 1 fully saturated rings. The highest BCUT2D eigenvalue weighted by Crippen LogP contribution is 2.17. The molecule has 0 amide bonds. The molecule has 9 nitrogen and oxygen atoms in total. The molecule has 19 heavy (non-hydrogen) atoms. The molecular formula is C10H17N3O6. The van der Waals surface area contributed by atoms with Crippen LogP contribution in [0.5, 0.6) is 0 Å². The highest BCUT2D eigenvalue weighted by molar-refractivity contribution is 5.70. The maximum atomic E-state index is 11.5. The van der Waals surface area contributed by atoms with Gasteiger partial charge in [0, 0.05) is 6.42 Å². The van der Waals surface area contributed by atoms with Crippen LogP contribution in [0.2, 0.25) is 0 Å². The van der Waals surface area contributed by atoms with Crippen LogP contribution in [-0.2, 0) is 19.2 Å². The zero-order valence-corrected chi connectivity index (χ0v) is 10.7. The van der Waals surface area contributed by atoms with Crippen LogP contribution < -0.4 is 0 Å². The number of rotatable bonds is 6. The van der Waals surface area contributed by atoms with Crippen molar-refractivity contribution in [2.45, 2.75) is 26.2 Å². The molecule has 0 aliphatic carbocycles. The summed E-state index contributed by atoms with van der Waals surface area (Å²) in [6, 6.07) is 0. The molecule has 0 aromatic carbocycles. The molecule has 1 saturated heterocycles. The van der Waals surface area contributed by atoms with Crippen LogP contribution in [0, 0.1) is 11.1 Å². The molecule has 1 heterocycles. The predicted molar refractivity (Wildman–Crippen MR) is 60.3 cm³/mol. The lowest BCUT2D eigenvalue weighted by atomic mass is 9.98. The number of nitrogens with zero attached hydrogens (tertiary/aromatic N) is 3. The molecule has 0 spiro atoms. The first-order valence-corrected chi connectivity index (χ1v) is 5.98. The van der Waals surface area contributed by atoms with Gasteiger partial charge in [0.1, 0.15) is 0 Å². The molecule has 0 saturated carbocycles. The molecule has 0 unspecified atom stereocenters. The Kier molecular flexibility index (Phi) is 5.83. The number of carbonyl (C=O) groups excluding carboxylic acids is 1. The summed E-state index contributed by atoms with van der Waals surface area (Å²) in [5.41, 5.74) is 0. The largest absolute Gasteiger partial charge is 0.569 e. The average molecular weight is 275 g/mol. The van der Waals surface area contributed by atoms with E-state index in [9.17, 15) is 14.8 Å². The van der Waals surface area contributed by atoms with Gasteiger partial charge in [-0.3, -0.25) is 9.59 Å². The number of hydrogen-bond donors (Lipinski definition) is 1. The van der Waals surface area contributed by atoms with Crippen molar-refractivity contribution in [2.75, 3.05) is 19.9 Å². The number of hydrazine groups is 1. The van der Waals surface area contributed by atoms with E-state index in [4.69, 9.17) is 5.11 Å². The molecule has 0 atom stereocenters. The van der Waals surface area contributed by atoms with Gasteiger partial charge in [0.15, 0.2) is 0 Å². The minimum Gasteiger partial charge on any atom is -0.569 e. The summed E-state index contributed by atoms with van der Waals surface area (Å²) in [7, 11) is 0. The Labute approximate surface area is 109 Å². The second-order valence-electron chi connectivity index (χ2n) is 4.02. The Morgan fingerprint density at radius 1 is 1.47 bits per heavy atom. The number of carboxylic acids is 1. The summed E-state index contributed by atoms with van der Waals surface area (Å²) in [4.78, 5) is 26.3. The Morgan fingerprint density at radius 2 is 2.11 bits per heavy atom. The molecule has 108 valence electrons. The fourth-order valence-corrected chi connectivity index (χ4v) is 1.60. The van der Waals surface area contributed by atoms with E-state index in [0.717, 1.165) is 0 Å². The Morgan fingerprint density at radius 3 is 2.63 bits per heavy atom. The molecule has 0 aromatic heterocycles. The van der Waals surface area contributed by atoms with E-state index in [1.807, 2.05) is 0 Å². The van der Waals surface area contributed by atoms with Gasteiger partial charge < -0.3 is 19.9 Å². The van der Waals surface area contributed by atoms with Gasteiger partial charge in [-0.05, 0) is 12.8 Å². The van der Waals surface area contributed by atoms with Crippen LogP contribution in [0.15, 0.2) is 5.28 Å². The van der Waals surface area contributed by atoms with Gasteiger partial charge in [0.05, 0.1) is 24.0 Å². The van der Waals surface area contributed by atoms with Crippen molar-refractivity contribution in [2.24, 2.45) is 11.2 Å². The maximum Gasteiger partial charge on any atom is 0.308 e. The van der Waals surface area contributed by atoms with Crippen LogP contribution in [-0.4, -0.2) is 46.9 Å². The van der Waals surface area contributed by atoms with Gasteiger partial charge in [-0.2, -0.15) is 0 Å². The van der Waals surface area contributed by atoms with Crippen LogP contribution in [0.1, 0.15) is 26.2 Å². The molecular weight excluding hydrogens is 258 g/mol. The summed E-state index contributed by atoms with van der Waals surface area (Å²) < 4.78 is 4.56. The molecule has 0 aromatic rings. The quantitative estimate of drug-likeness (QED) is 0.187. The molecule has 0 radical (unpaired) electrons. The molecule has 9 heteroatoms. The summed E-state index contributed by atoms with van der Waals surface area (Å²) in [5, 5.41) is 24.8. The second-order valence-corrected chi connectivity index (χ2v) is 4.02. The Balaban J connectivity index is 2.28. The fourth-order valence-electron chi connectivity index (χ4n) is 1.60. The van der Waals surface area contributed by atoms with Gasteiger partial charge in [-0.15, -0.1) is 5.01 Å². The summed E-state index contributed by atoms with van der Waals surface area (Å²) in [6.45, 7) is 1.80. The third-order valence-electron chi connectivity index (χ3n) is 2.75. The zero-order valence-electron chi connectivity index (χ0n) is 10.7. The third-order valence-corrected chi connectivity index (χ3v) is 2.75. The normalized spacial score (nSPS) is 17.1. The van der Waals surface area contributed by atoms with Crippen molar-refractivity contribution in [1.82, 2.24) is 5.01 Å². The van der Waals surface area contributed by atoms with E-state index in [1.54, 1.807) is 6.92 Å². The average Bonchev–Trinajstić information content (AvgIpc) is 2.43. The van der Waals surface area contributed by atoms with Crippen molar-refractivity contribution in [3.05, 3.63) is 5.21 Å². The molecule has 1 aliphatic heterocycles. The van der Waals surface area contributed by atoms with Gasteiger partial charge >= 0.3 is 11.9 Å². The Hall–Kier alpha value is -2.06. The van der Waals surface area contributed by atoms with Gasteiger partial charge in [0.25, 0.3) is 6.79 Å². The predicted octanol–water partition coefficient (Wildman–Crippen LogP) is 0.503. The number of piperidine rings is 1.